The molecule has 0 bridgehead atoms. The van der Waals surface area contributed by atoms with Crippen molar-refractivity contribution < 1.29 is 9.53 Å². The van der Waals surface area contributed by atoms with Gasteiger partial charge >= 0.3 is 5.97 Å². The van der Waals surface area contributed by atoms with E-state index in [1.165, 1.54) is 12.0 Å². The molecule has 0 spiro atoms. The zero-order valence-corrected chi connectivity index (χ0v) is 12.1. The number of aromatic nitrogens is 3. The Morgan fingerprint density at radius 2 is 2.32 bits per heavy atom. The number of rotatable bonds is 5. The SMILES string of the molecule is COC(=O)c1nnn(CCc2cccs2)c1C(C)C. The molecule has 2 heterocycles. The summed E-state index contributed by atoms with van der Waals surface area (Å²) in [7, 11) is 1.36. The Morgan fingerprint density at radius 1 is 1.53 bits per heavy atom. The van der Waals surface area contributed by atoms with Crippen LogP contribution < -0.4 is 0 Å². The van der Waals surface area contributed by atoms with E-state index >= 15 is 0 Å². The number of hydrogen-bond acceptors (Lipinski definition) is 5. The minimum atomic E-state index is -0.425. The second-order valence-electron chi connectivity index (χ2n) is 4.52. The summed E-state index contributed by atoms with van der Waals surface area (Å²) in [6.45, 7) is 4.76. The van der Waals surface area contributed by atoms with E-state index in [0.29, 0.717) is 5.69 Å². The summed E-state index contributed by atoms with van der Waals surface area (Å²) in [5.74, 6) is -0.251. The number of ether oxygens (including phenoxy) is 1. The van der Waals surface area contributed by atoms with Crippen molar-refractivity contribution in [3.8, 4) is 0 Å². The highest BCUT2D eigenvalue weighted by molar-refractivity contribution is 7.09. The summed E-state index contributed by atoms with van der Waals surface area (Å²) in [6, 6.07) is 4.13. The van der Waals surface area contributed by atoms with Crippen LogP contribution >= 0.6 is 11.3 Å². The molecule has 2 rings (SSSR count). The first-order valence-electron chi connectivity index (χ1n) is 6.17. The molecular formula is C13H17N3O2S. The third-order valence-corrected chi connectivity index (χ3v) is 3.79. The number of esters is 1. The Balaban J connectivity index is 2.20. The quantitative estimate of drug-likeness (QED) is 0.789. The van der Waals surface area contributed by atoms with Gasteiger partial charge in [-0.1, -0.05) is 25.1 Å². The fourth-order valence-corrected chi connectivity index (χ4v) is 2.67. The van der Waals surface area contributed by atoms with E-state index in [-0.39, 0.29) is 5.92 Å². The van der Waals surface area contributed by atoms with Crippen molar-refractivity contribution in [3.05, 3.63) is 33.8 Å². The zero-order valence-electron chi connectivity index (χ0n) is 11.3. The summed E-state index contributed by atoms with van der Waals surface area (Å²) >= 11 is 1.72. The second-order valence-corrected chi connectivity index (χ2v) is 5.55. The molecule has 2 aromatic rings. The number of carbonyl (C=O) groups excluding carboxylic acids is 1. The molecule has 0 atom stereocenters. The molecule has 0 aliphatic carbocycles. The maximum atomic E-state index is 11.6. The Kier molecular flexibility index (Phi) is 4.31. The van der Waals surface area contributed by atoms with Crippen LogP contribution in [-0.4, -0.2) is 28.1 Å². The number of carbonyl (C=O) groups is 1. The van der Waals surface area contributed by atoms with Crippen LogP contribution in [0.4, 0.5) is 0 Å². The molecule has 0 aliphatic heterocycles. The lowest BCUT2D eigenvalue weighted by molar-refractivity contribution is 0.0592. The minimum Gasteiger partial charge on any atom is -0.464 e. The molecule has 2 aromatic heterocycles. The van der Waals surface area contributed by atoms with Crippen molar-refractivity contribution in [1.82, 2.24) is 15.0 Å². The molecule has 6 heteroatoms. The van der Waals surface area contributed by atoms with Gasteiger partial charge in [0.25, 0.3) is 0 Å². The number of nitrogens with zero attached hydrogens (tertiary/aromatic N) is 3. The fraction of sp³-hybridized carbons (Fsp3) is 0.462. The van der Waals surface area contributed by atoms with Gasteiger partial charge in [0, 0.05) is 17.8 Å². The molecule has 0 saturated carbocycles. The number of aryl methyl sites for hydroxylation is 2. The van der Waals surface area contributed by atoms with E-state index in [1.807, 2.05) is 19.9 Å². The molecule has 0 radical (unpaired) electrons. The normalized spacial score (nSPS) is 10.9. The van der Waals surface area contributed by atoms with Gasteiger partial charge in [-0.25, -0.2) is 9.48 Å². The van der Waals surface area contributed by atoms with E-state index in [4.69, 9.17) is 4.74 Å². The summed E-state index contributed by atoms with van der Waals surface area (Å²) in [6.07, 6.45) is 0.890. The van der Waals surface area contributed by atoms with Crippen LogP contribution in [0.3, 0.4) is 0 Å². The van der Waals surface area contributed by atoms with E-state index in [0.717, 1.165) is 18.7 Å². The summed E-state index contributed by atoms with van der Waals surface area (Å²) in [5.41, 5.74) is 1.16. The third kappa shape index (κ3) is 3.01. The van der Waals surface area contributed by atoms with Gasteiger partial charge in [-0.3, -0.25) is 0 Å². The lowest BCUT2D eigenvalue weighted by atomic mass is 10.1. The number of methoxy groups -OCH3 is 1. The van der Waals surface area contributed by atoms with Crippen molar-refractivity contribution in [3.63, 3.8) is 0 Å². The molecule has 0 fully saturated rings. The topological polar surface area (TPSA) is 57.0 Å². The van der Waals surface area contributed by atoms with Crippen LogP contribution in [0.15, 0.2) is 17.5 Å². The first-order valence-corrected chi connectivity index (χ1v) is 7.05. The lowest BCUT2D eigenvalue weighted by Crippen LogP contribution is -2.12. The van der Waals surface area contributed by atoms with Gasteiger partial charge < -0.3 is 4.74 Å². The summed E-state index contributed by atoms with van der Waals surface area (Å²) in [4.78, 5) is 12.9. The highest BCUT2D eigenvalue weighted by Gasteiger charge is 2.22. The van der Waals surface area contributed by atoms with Crippen molar-refractivity contribution in [1.29, 1.82) is 0 Å². The molecule has 0 unspecified atom stereocenters. The molecule has 19 heavy (non-hydrogen) atoms. The monoisotopic (exact) mass is 279 g/mol. The Labute approximate surface area is 116 Å². The van der Waals surface area contributed by atoms with Gasteiger partial charge in [0.1, 0.15) is 0 Å². The molecule has 0 aliphatic rings. The van der Waals surface area contributed by atoms with Crippen LogP contribution in [0.5, 0.6) is 0 Å². The molecule has 5 nitrogen and oxygen atoms in total. The molecule has 0 aromatic carbocycles. The number of hydrogen-bond donors (Lipinski definition) is 0. The molecule has 0 amide bonds. The van der Waals surface area contributed by atoms with Gasteiger partial charge in [-0.2, -0.15) is 0 Å². The Hall–Kier alpha value is -1.69. The second kappa shape index (κ2) is 5.97. The van der Waals surface area contributed by atoms with Crippen LogP contribution in [0.1, 0.15) is 40.8 Å². The van der Waals surface area contributed by atoms with Crippen LogP contribution in [-0.2, 0) is 17.7 Å². The van der Waals surface area contributed by atoms with Gasteiger partial charge in [-0.15, -0.1) is 16.4 Å². The zero-order chi connectivity index (χ0) is 13.8. The standard InChI is InChI=1S/C13H17N3O2S/c1-9(2)12-11(13(17)18-3)14-15-16(12)7-6-10-5-4-8-19-10/h4-5,8-9H,6-7H2,1-3H3. The van der Waals surface area contributed by atoms with Gasteiger partial charge in [0.15, 0.2) is 5.69 Å². The van der Waals surface area contributed by atoms with Gasteiger partial charge in [-0.05, 0) is 17.4 Å². The van der Waals surface area contributed by atoms with Crippen LogP contribution in [0.2, 0.25) is 0 Å². The Morgan fingerprint density at radius 3 is 2.89 bits per heavy atom. The highest BCUT2D eigenvalue weighted by Crippen LogP contribution is 2.19. The minimum absolute atomic E-state index is 0.174. The predicted molar refractivity (Wildman–Crippen MR) is 73.5 cm³/mol. The summed E-state index contributed by atoms with van der Waals surface area (Å²) in [5, 5.41) is 10.1. The van der Waals surface area contributed by atoms with Gasteiger partial charge in [0.05, 0.1) is 12.8 Å². The molecule has 0 saturated heterocycles. The van der Waals surface area contributed by atoms with Crippen molar-refractivity contribution >= 4 is 17.3 Å². The largest absolute Gasteiger partial charge is 0.464 e. The van der Waals surface area contributed by atoms with Crippen molar-refractivity contribution in [2.24, 2.45) is 0 Å². The first-order chi connectivity index (χ1) is 9.13. The highest BCUT2D eigenvalue weighted by atomic mass is 32.1. The smallest absolute Gasteiger partial charge is 0.360 e. The fourth-order valence-electron chi connectivity index (χ4n) is 1.97. The van der Waals surface area contributed by atoms with Gasteiger partial charge in [0.2, 0.25) is 0 Å². The molecular weight excluding hydrogens is 262 g/mol. The third-order valence-electron chi connectivity index (χ3n) is 2.85. The predicted octanol–water partition coefficient (Wildman–Crippen LogP) is 2.49. The summed E-state index contributed by atoms with van der Waals surface area (Å²) < 4.78 is 6.54. The first kappa shape index (κ1) is 13.7. The average Bonchev–Trinajstić information content (AvgIpc) is 3.04. The van der Waals surface area contributed by atoms with E-state index in [2.05, 4.69) is 21.8 Å². The van der Waals surface area contributed by atoms with Crippen LogP contribution in [0.25, 0.3) is 0 Å². The van der Waals surface area contributed by atoms with Crippen molar-refractivity contribution in [2.75, 3.05) is 7.11 Å². The van der Waals surface area contributed by atoms with E-state index < -0.39 is 5.97 Å². The number of thiophene rings is 1. The molecule has 102 valence electrons. The van der Waals surface area contributed by atoms with Crippen molar-refractivity contribution in [2.45, 2.75) is 32.7 Å². The maximum absolute atomic E-state index is 11.6. The van der Waals surface area contributed by atoms with Crippen LogP contribution in [0, 0.1) is 0 Å². The molecule has 0 N–H and O–H groups in total. The Bertz CT molecular complexity index is 546. The van der Waals surface area contributed by atoms with E-state index in [1.54, 1.807) is 16.0 Å². The van der Waals surface area contributed by atoms with E-state index in [9.17, 15) is 4.79 Å². The lowest BCUT2D eigenvalue weighted by Gasteiger charge is -2.09. The average molecular weight is 279 g/mol. The maximum Gasteiger partial charge on any atom is 0.360 e.